The van der Waals surface area contributed by atoms with Gasteiger partial charge in [-0.1, -0.05) is 60.2 Å². The van der Waals surface area contributed by atoms with E-state index in [0.29, 0.717) is 24.1 Å². The first-order valence-corrected chi connectivity index (χ1v) is 8.89. The molecule has 6 heteroatoms. The molecule has 136 valence electrons. The number of fused-ring (bicyclic) bond motifs is 1. The Kier molecular flexibility index (Phi) is 4.46. The molecule has 6 nitrogen and oxygen atoms in total. The second-order valence-electron chi connectivity index (χ2n) is 6.66. The van der Waals surface area contributed by atoms with Crippen molar-refractivity contribution in [1.82, 2.24) is 14.9 Å². The highest BCUT2D eigenvalue weighted by molar-refractivity contribution is 5.93. The number of rotatable bonds is 3. The van der Waals surface area contributed by atoms with Gasteiger partial charge in [-0.25, -0.2) is 9.98 Å². The Hall–Kier alpha value is -3.41. The van der Waals surface area contributed by atoms with E-state index in [1.807, 2.05) is 68.4 Å². The molecule has 0 amide bonds. The fourth-order valence-electron chi connectivity index (χ4n) is 3.10. The van der Waals surface area contributed by atoms with Crippen LogP contribution in [0.15, 0.2) is 70.5 Å². The van der Waals surface area contributed by atoms with Crippen molar-refractivity contribution in [3.05, 3.63) is 93.4 Å². The molecule has 27 heavy (non-hydrogen) atoms. The standard InChI is InChI=1S/C21H21N5O/c1-14-8-10-17(11-9-14)19-24-20(22-13-16-6-4-3-5-7-16)25-21-23-15(2)12-18(27)26(19)21/h3-12,19H,13H2,1-2H3,(H2,22,23,24,25)/t19-/m1/s1. The summed E-state index contributed by atoms with van der Waals surface area (Å²) >= 11 is 0. The summed E-state index contributed by atoms with van der Waals surface area (Å²) in [5, 5.41) is 6.49. The molecule has 0 aliphatic carbocycles. The van der Waals surface area contributed by atoms with Crippen LogP contribution in [0.2, 0.25) is 0 Å². The molecular formula is C21H21N5O. The molecule has 3 aromatic rings. The number of anilines is 1. The van der Waals surface area contributed by atoms with Crippen molar-refractivity contribution in [2.75, 3.05) is 5.32 Å². The third kappa shape index (κ3) is 3.60. The second-order valence-corrected chi connectivity index (χ2v) is 6.66. The van der Waals surface area contributed by atoms with Crippen molar-refractivity contribution in [1.29, 1.82) is 0 Å². The molecule has 0 bridgehead atoms. The van der Waals surface area contributed by atoms with Gasteiger partial charge < -0.3 is 5.32 Å². The number of hydrogen-bond donors (Lipinski definition) is 2. The van der Waals surface area contributed by atoms with E-state index in [2.05, 4.69) is 20.6 Å². The summed E-state index contributed by atoms with van der Waals surface area (Å²) in [6.45, 7) is 4.39. The maximum Gasteiger partial charge on any atom is 0.257 e. The Morgan fingerprint density at radius 2 is 1.81 bits per heavy atom. The molecule has 0 fully saturated rings. The number of guanidine groups is 1. The average molecular weight is 359 g/mol. The lowest BCUT2D eigenvalue weighted by Gasteiger charge is -2.31. The maximum atomic E-state index is 12.6. The zero-order valence-corrected chi connectivity index (χ0v) is 15.3. The fraction of sp³-hybridized carbons (Fsp3) is 0.190. The zero-order chi connectivity index (χ0) is 18.8. The van der Waals surface area contributed by atoms with Crippen molar-refractivity contribution in [2.45, 2.75) is 26.6 Å². The largest absolute Gasteiger partial charge is 0.331 e. The van der Waals surface area contributed by atoms with Crippen molar-refractivity contribution < 1.29 is 0 Å². The van der Waals surface area contributed by atoms with Crippen LogP contribution in [-0.2, 0) is 6.54 Å². The van der Waals surface area contributed by atoms with Crippen LogP contribution in [0.4, 0.5) is 5.95 Å². The minimum absolute atomic E-state index is 0.106. The highest BCUT2D eigenvalue weighted by atomic mass is 16.1. The highest BCUT2D eigenvalue weighted by Gasteiger charge is 2.26. The van der Waals surface area contributed by atoms with E-state index < -0.39 is 0 Å². The first-order valence-electron chi connectivity index (χ1n) is 8.89. The topological polar surface area (TPSA) is 71.3 Å². The van der Waals surface area contributed by atoms with E-state index in [9.17, 15) is 4.79 Å². The summed E-state index contributed by atoms with van der Waals surface area (Å²) in [5.41, 5.74) is 3.82. The summed E-state index contributed by atoms with van der Waals surface area (Å²) in [6.07, 6.45) is -0.364. The lowest BCUT2D eigenvalue weighted by atomic mass is 10.1. The third-order valence-electron chi connectivity index (χ3n) is 4.50. The van der Waals surface area contributed by atoms with Crippen LogP contribution in [0.5, 0.6) is 0 Å². The van der Waals surface area contributed by atoms with Crippen molar-refractivity contribution >= 4 is 11.9 Å². The smallest absolute Gasteiger partial charge is 0.257 e. The fourth-order valence-corrected chi connectivity index (χ4v) is 3.10. The number of nitrogens with one attached hydrogen (secondary N) is 2. The first-order chi connectivity index (χ1) is 13.1. The summed E-state index contributed by atoms with van der Waals surface area (Å²) in [6, 6.07) is 19.7. The van der Waals surface area contributed by atoms with Gasteiger partial charge in [0.05, 0.1) is 6.54 Å². The van der Waals surface area contributed by atoms with E-state index in [-0.39, 0.29) is 11.7 Å². The molecule has 0 spiro atoms. The summed E-state index contributed by atoms with van der Waals surface area (Å²) in [7, 11) is 0. The van der Waals surface area contributed by atoms with E-state index >= 15 is 0 Å². The van der Waals surface area contributed by atoms with E-state index in [4.69, 9.17) is 0 Å². The molecule has 2 heterocycles. The Bertz CT molecular complexity index is 1040. The van der Waals surface area contributed by atoms with Crippen LogP contribution < -0.4 is 16.2 Å². The minimum Gasteiger partial charge on any atom is -0.331 e. The van der Waals surface area contributed by atoms with Crippen molar-refractivity contribution in [3.8, 4) is 0 Å². The monoisotopic (exact) mass is 359 g/mol. The second kappa shape index (κ2) is 7.07. The maximum absolute atomic E-state index is 12.6. The van der Waals surface area contributed by atoms with Crippen LogP contribution in [0.3, 0.4) is 0 Å². The van der Waals surface area contributed by atoms with Crippen LogP contribution in [0.25, 0.3) is 0 Å². The van der Waals surface area contributed by atoms with E-state index in [1.54, 1.807) is 10.6 Å². The molecule has 0 unspecified atom stereocenters. The van der Waals surface area contributed by atoms with Crippen LogP contribution in [-0.4, -0.2) is 15.5 Å². The summed E-state index contributed by atoms with van der Waals surface area (Å²) < 4.78 is 1.62. The van der Waals surface area contributed by atoms with Gasteiger partial charge in [0.1, 0.15) is 6.17 Å². The molecule has 1 aromatic heterocycles. The number of hydrogen-bond acceptors (Lipinski definition) is 3. The van der Waals surface area contributed by atoms with Gasteiger partial charge >= 0.3 is 0 Å². The molecule has 0 saturated carbocycles. The molecule has 0 radical (unpaired) electrons. The van der Waals surface area contributed by atoms with Gasteiger partial charge in [0.2, 0.25) is 5.95 Å². The van der Waals surface area contributed by atoms with Gasteiger partial charge in [-0.3, -0.25) is 14.7 Å². The molecule has 1 aliphatic heterocycles. The SMILES string of the molecule is Cc1ccc([C@@H]2NC(=NCc3ccccc3)Nc3nc(C)cc(=O)n32)cc1. The Morgan fingerprint density at radius 3 is 2.56 bits per heavy atom. The van der Waals surface area contributed by atoms with Crippen LogP contribution >= 0.6 is 0 Å². The molecule has 2 aromatic carbocycles. The number of aryl methyl sites for hydroxylation is 2. The van der Waals surface area contributed by atoms with Crippen LogP contribution in [0, 0.1) is 13.8 Å². The van der Waals surface area contributed by atoms with Gasteiger partial charge in [0, 0.05) is 11.8 Å². The average Bonchev–Trinajstić information content (AvgIpc) is 2.67. The minimum atomic E-state index is -0.364. The van der Waals surface area contributed by atoms with Gasteiger partial charge in [0.25, 0.3) is 5.56 Å². The summed E-state index contributed by atoms with van der Waals surface area (Å²) in [5.74, 6) is 1.10. The van der Waals surface area contributed by atoms with Gasteiger partial charge in [0.15, 0.2) is 5.96 Å². The molecule has 1 aliphatic rings. The van der Waals surface area contributed by atoms with Gasteiger partial charge in [-0.15, -0.1) is 0 Å². The number of aromatic nitrogens is 2. The van der Waals surface area contributed by atoms with E-state index in [1.165, 1.54) is 5.56 Å². The van der Waals surface area contributed by atoms with Crippen molar-refractivity contribution in [3.63, 3.8) is 0 Å². The molecule has 1 atom stereocenters. The first kappa shape index (κ1) is 17.0. The van der Waals surface area contributed by atoms with Crippen molar-refractivity contribution in [2.24, 2.45) is 4.99 Å². The normalized spacial score (nSPS) is 17.1. The molecular weight excluding hydrogens is 338 g/mol. The lowest BCUT2D eigenvalue weighted by molar-refractivity contribution is 0.514. The molecule has 0 saturated heterocycles. The molecule has 4 rings (SSSR count). The highest BCUT2D eigenvalue weighted by Crippen LogP contribution is 2.22. The van der Waals surface area contributed by atoms with Gasteiger partial charge in [-0.05, 0) is 25.0 Å². The number of aliphatic imine (C=N–C) groups is 1. The van der Waals surface area contributed by atoms with Gasteiger partial charge in [-0.2, -0.15) is 0 Å². The Morgan fingerprint density at radius 1 is 1.07 bits per heavy atom. The Balaban J connectivity index is 1.74. The lowest BCUT2D eigenvalue weighted by Crippen LogP contribution is -2.48. The number of nitrogens with zero attached hydrogens (tertiary/aromatic N) is 3. The Labute approximate surface area is 157 Å². The zero-order valence-electron chi connectivity index (χ0n) is 15.3. The van der Waals surface area contributed by atoms with E-state index in [0.717, 1.165) is 11.1 Å². The quantitative estimate of drug-likeness (QED) is 0.754. The van der Waals surface area contributed by atoms with Crippen LogP contribution in [0.1, 0.15) is 28.6 Å². The predicted octanol–water partition coefficient (Wildman–Crippen LogP) is 2.98. The third-order valence-corrected chi connectivity index (χ3v) is 4.50. The predicted molar refractivity (Wildman–Crippen MR) is 107 cm³/mol. The molecule has 2 N–H and O–H groups in total. The number of benzene rings is 2. The summed E-state index contributed by atoms with van der Waals surface area (Å²) in [4.78, 5) is 21.8.